The van der Waals surface area contributed by atoms with Crippen molar-refractivity contribution in [1.29, 1.82) is 0 Å². The topological polar surface area (TPSA) is 32.5 Å². The van der Waals surface area contributed by atoms with Gasteiger partial charge in [0.15, 0.2) is 0 Å². The number of hydrogen-bond donors (Lipinski definition) is 1. The van der Waals surface area contributed by atoms with Gasteiger partial charge in [-0.05, 0) is 51.9 Å². The highest BCUT2D eigenvalue weighted by molar-refractivity contribution is 4.88. The average Bonchev–Trinajstić information content (AvgIpc) is 2.26. The van der Waals surface area contributed by atoms with Crippen LogP contribution in [0.2, 0.25) is 0 Å². The third kappa shape index (κ3) is 4.94. The molecule has 0 radical (unpaired) electrons. The second-order valence-electron chi connectivity index (χ2n) is 6.45. The fourth-order valence-electron chi connectivity index (χ4n) is 3.18. The maximum atomic E-state index is 6.07. The largest absolute Gasteiger partial charge is 0.330 e. The molecule has 1 rings (SSSR count). The lowest BCUT2D eigenvalue weighted by atomic mass is 9.70. The van der Waals surface area contributed by atoms with Crippen LogP contribution < -0.4 is 5.73 Å². The Hall–Kier alpha value is -0.120. The van der Waals surface area contributed by atoms with Crippen LogP contribution in [0.3, 0.4) is 0 Å². The fraction of sp³-hybridized carbons (Fsp3) is 1.00. The van der Waals surface area contributed by atoms with Gasteiger partial charge in [0, 0.05) is 19.6 Å². The summed E-state index contributed by atoms with van der Waals surface area (Å²) in [5.41, 5.74) is 6.46. The molecular formula is C14H31N3. The van der Waals surface area contributed by atoms with E-state index in [1.54, 1.807) is 0 Å². The number of likely N-dealkylation sites (N-methyl/N-ethyl adjacent to an activating group) is 2. The zero-order valence-electron chi connectivity index (χ0n) is 12.2. The van der Waals surface area contributed by atoms with E-state index >= 15 is 0 Å². The Morgan fingerprint density at radius 3 is 2.47 bits per heavy atom. The van der Waals surface area contributed by atoms with Gasteiger partial charge in [-0.2, -0.15) is 0 Å². The molecule has 2 atom stereocenters. The van der Waals surface area contributed by atoms with Gasteiger partial charge in [-0.3, -0.25) is 0 Å². The monoisotopic (exact) mass is 241 g/mol. The molecule has 0 spiro atoms. The highest BCUT2D eigenvalue weighted by atomic mass is 15.2. The molecule has 0 amide bonds. The number of nitrogens with two attached hydrogens (primary N) is 1. The van der Waals surface area contributed by atoms with Crippen LogP contribution in [0.5, 0.6) is 0 Å². The van der Waals surface area contributed by atoms with Crippen LogP contribution in [0.4, 0.5) is 0 Å². The van der Waals surface area contributed by atoms with Gasteiger partial charge in [0.1, 0.15) is 0 Å². The van der Waals surface area contributed by atoms with E-state index in [0.717, 1.165) is 25.6 Å². The Labute approximate surface area is 107 Å². The maximum Gasteiger partial charge on any atom is 0.0106 e. The molecule has 0 aliphatic heterocycles. The molecule has 3 nitrogen and oxygen atoms in total. The van der Waals surface area contributed by atoms with Gasteiger partial charge in [-0.1, -0.05) is 19.8 Å². The van der Waals surface area contributed by atoms with Crippen molar-refractivity contribution in [3.63, 3.8) is 0 Å². The number of rotatable bonds is 6. The summed E-state index contributed by atoms with van der Waals surface area (Å²) in [6.07, 6.45) is 5.39. The van der Waals surface area contributed by atoms with Crippen LogP contribution in [0, 0.1) is 11.3 Å². The van der Waals surface area contributed by atoms with Gasteiger partial charge >= 0.3 is 0 Å². The average molecular weight is 241 g/mol. The minimum atomic E-state index is 0.388. The molecule has 1 aliphatic rings. The minimum Gasteiger partial charge on any atom is -0.330 e. The van der Waals surface area contributed by atoms with Crippen LogP contribution in [0.1, 0.15) is 32.6 Å². The molecule has 1 aliphatic carbocycles. The summed E-state index contributed by atoms with van der Waals surface area (Å²) < 4.78 is 0. The number of hydrogen-bond acceptors (Lipinski definition) is 3. The summed E-state index contributed by atoms with van der Waals surface area (Å²) in [7, 11) is 6.50. The Bertz CT molecular complexity index is 218. The van der Waals surface area contributed by atoms with Gasteiger partial charge in [-0.15, -0.1) is 0 Å². The van der Waals surface area contributed by atoms with E-state index in [1.165, 1.54) is 32.2 Å². The Morgan fingerprint density at radius 1 is 1.24 bits per heavy atom. The van der Waals surface area contributed by atoms with Crippen molar-refractivity contribution in [3.8, 4) is 0 Å². The summed E-state index contributed by atoms with van der Waals surface area (Å²) in [4.78, 5) is 4.71. The Kier molecular flexibility index (Phi) is 5.90. The molecule has 0 bridgehead atoms. The first-order valence-corrected chi connectivity index (χ1v) is 7.01. The zero-order valence-corrected chi connectivity index (χ0v) is 12.2. The zero-order chi connectivity index (χ0) is 12.9. The molecule has 0 heterocycles. The summed E-state index contributed by atoms with van der Waals surface area (Å²) in [5, 5.41) is 0. The molecule has 0 saturated heterocycles. The van der Waals surface area contributed by atoms with Crippen molar-refractivity contribution in [2.45, 2.75) is 32.6 Å². The van der Waals surface area contributed by atoms with Crippen molar-refractivity contribution in [1.82, 2.24) is 9.80 Å². The summed E-state index contributed by atoms with van der Waals surface area (Å²) in [6.45, 7) is 6.67. The van der Waals surface area contributed by atoms with Crippen LogP contribution in [0.25, 0.3) is 0 Å². The smallest absolute Gasteiger partial charge is 0.0106 e. The predicted octanol–water partition coefficient (Wildman–Crippen LogP) is 1.64. The highest BCUT2D eigenvalue weighted by Crippen LogP contribution is 2.38. The van der Waals surface area contributed by atoms with E-state index in [2.05, 4.69) is 37.9 Å². The summed E-state index contributed by atoms with van der Waals surface area (Å²) >= 11 is 0. The standard InChI is InChI=1S/C14H31N3/c1-13-6-5-7-14(10-13,11-15)12-17(4)9-8-16(2)3/h13H,5-12,15H2,1-4H3. The Morgan fingerprint density at radius 2 is 1.94 bits per heavy atom. The molecule has 3 heteroatoms. The third-order valence-electron chi connectivity index (χ3n) is 4.15. The van der Waals surface area contributed by atoms with Crippen LogP contribution in [-0.2, 0) is 0 Å². The lowest BCUT2D eigenvalue weighted by molar-refractivity contribution is 0.0979. The third-order valence-corrected chi connectivity index (χ3v) is 4.15. The van der Waals surface area contributed by atoms with Crippen molar-refractivity contribution < 1.29 is 0 Å². The van der Waals surface area contributed by atoms with E-state index in [0.29, 0.717) is 5.41 Å². The molecule has 102 valence electrons. The second kappa shape index (κ2) is 6.72. The molecular weight excluding hydrogens is 210 g/mol. The quantitative estimate of drug-likeness (QED) is 0.767. The lowest BCUT2D eigenvalue weighted by Crippen LogP contribution is -2.45. The first-order chi connectivity index (χ1) is 7.97. The molecule has 0 aromatic heterocycles. The number of nitrogens with zero attached hydrogens (tertiary/aromatic N) is 2. The van der Waals surface area contributed by atoms with Crippen molar-refractivity contribution in [2.24, 2.45) is 17.1 Å². The van der Waals surface area contributed by atoms with Crippen LogP contribution >= 0.6 is 0 Å². The molecule has 2 N–H and O–H groups in total. The molecule has 1 saturated carbocycles. The van der Waals surface area contributed by atoms with Gasteiger partial charge in [0.25, 0.3) is 0 Å². The van der Waals surface area contributed by atoms with E-state index in [-0.39, 0.29) is 0 Å². The maximum absolute atomic E-state index is 6.07. The Balaban J connectivity index is 2.44. The first kappa shape index (κ1) is 14.9. The predicted molar refractivity (Wildman–Crippen MR) is 75.2 cm³/mol. The molecule has 17 heavy (non-hydrogen) atoms. The fourth-order valence-corrected chi connectivity index (χ4v) is 3.18. The van der Waals surface area contributed by atoms with E-state index in [4.69, 9.17) is 5.73 Å². The van der Waals surface area contributed by atoms with E-state index < -0.39 is 0 Å². The van der Waals surface area contributed by atoms with E-state index in [9.17, 15) is 0 Å². The van der Waals surface area contributed by atoms with Crippen molar-refractivity contribution in [3.05, 3.63) is 0 Å². The van der Waals surface area contributed by atoms with Gasteiger partial charge in [0.05, 0.1) is 0 Å². The lowest BCUT2D eigenvalue weighted by Gasteiger charge is -2.42. The van der Waals surface area contributed by atoms with Crippen molar-refractivity contribution >= 4 is 0 Å². The van der Waals surface area contributed by atoms with Crippen LogP contribution in [-0.4, -0.2) is 57.1 Å². The van der Waals surface area contributed by atoms with Gasteiger partial charge < -0.3 is 15.5 Å². The van der Waals surface area contributed by atoms with Gasteiger partial charge in [-0.25, -0.2) is 0 Å². The normalized spacial score (nSPS) is 30.2. The van der Waals surface area contributed by atoms with Crippen LogP contribution in [0.15, 0.2) is 0 Å². The first-order valence-electron chi connectivity index (χ1n) is 7.01. The molecule has 1 fully saturated rings. The summed E-state index contributed by atoms with van der Waals surface area (Å²) in [5.74, 6) is 0.856. The SMILES string of the molecule is CC1CCCC(CN)(CN(C)CCN(C)C)C1. The molecule has 0 aromatic rings. The molecule has 0 aromatic carbocycles. The highest BCUT2D eigenvalue weighted by Gasteiger charge is 2.34. The summed E-state index contributed by atoms with van der Waals surface area (Å²) in [6, 6.07) is 0. The van der Waals surface area contributed by atoms with Gasteiger partial charge in [0.2, 0.25) is 0 Å². The van der Waals surface area contributed by atoms with E-state index in [1.807, 2.05) is 0 Å². The molecule has 2 unspecified atom stereocenters. The van der Waals surface area contributed by atoms with Crippen molar-refractivity contribution in [2.75, 3.05) is 47.3 Å². The minimum absolute atomic E-state index is 0.388. The second-order valence-corrected chi connectivity index (χ2v) is 6.45.